The molecule has 18 heavy (non-hydrogen) atoms. The number of hydrogen-bond donors (Lipinski definition) is 1. The third kappa shape index (κ3) is 3.84. The molecular weight excluding hydrogens is 246 g/mol. The lowest BCUT2D eigenvalue weighted by molar-refractivity contribution is 0.686. The first kappa shape index (κ1) is 13.1. The second-order valence-corrected chi connectivity index (χ2v) is 4.66. The lowest BCUT2D eigenvalue weighted by Crippen LogP contribution is -2.05. The average Bonchev–Trinajstić information content (AvgIpc) is 2.42. The largest absolute Gasteiger partial charge is 0.354 e. The number of halogens is 1. The summed E-state index contributed by atoms with van der Waals surface area (Å²) in [5.41, 5.74) is 0.983. The summed E-state index contributed by atoms with van der Waals surface area (Å²) in [5, 5.41) is 4.33. The lowest BCUT2D eigenvalue weighted by atomic mass is 10.2. The zero-order valence-electron chi connectivity index (χ0n) is 10.4. The van der Waals surface area contributed by atoms with Crippen LogP contribution >= 0.6 is 11.6 Å². The molecule has 0 bridgehead atoms. The fourth-order valence-corrected chi connectivity index (χ4v) is 2.02. The van der Waals surface area contributed by atoms with Crippen molar-refractivity contribution in [2.75, 3.05) is 17.7 Å². The van der Waals surface area contributed by atoms with Crippen LogP contribution in [0.3, 0.4) is 0 Å². The summed E-state index contributed by atoms with van der Waals surface area (Å²) < 4.78 is 0. The van der Waals surface area contributed by atoms with Gasteiger partial charge in [-0.2, -0.15) is 0 Å². The molecule has 1 aromatic carbocycles. The average molecular weight is 264 g/mol. The number of hydrogen-bond acceptors (Lipinski definition) is 3. The van der Waals surface area contributed by atoms with Gasteiger partial charge in [-0.05, 0) is 18.9 Å². The Morgan fingerprint density at radius 1 is 1.06 bits per heavy atom. The van der Waals surface area contributed by atoms with Crippen LogP contribution in [0.2, 0.25) is 0 Å². The molecule has 0 saturated heterocycles. The van der Waals surface area contributed by atoms with E-state index < -0.39 is 0 Å². The Kier molecular flexibility index (Phi) is 5.21. The Bertz CT molecular complexity index is 487. The van der Waals surface area contributed by atoms with Gasteiger partial charge in [0, 0.05) is 24.0 Å². The zero-order chi connectivity index (χ0) is 12.6. The van der Waals surface area contributed by atoms with Crippen LogP contribution in [0.1, 0.15) is 25.7 Å². The van der Waals surface area contributed by atoms with E-state index in [0.29, 0.717) is 5.95 Å². The Morgan fingerprint density at radius 3 is 2.78 bits per heavy atom. The van der Waals surface area contributed by atoms with Crippen molar-refractivity contribution < 1.29 is 0 Å². The van der Waals surface area contributed by atoms with Crippen molar-refractivity contribution in [1.82, 2.24) is 9.97 Å². The van der Waals surface area contributed by atoms with Crippen LogP contribution in [-0.4, -0.2) is 22.4 Å². The second-order valence-electron chi connectivity index (χ2n) is 4.28. The van der Waals surface area contributed by atoms with Crippen molar-refractivity contribution in [1.29, 1.82) is 0 Å². The highest BCUT2D eigenvalue weighted by Gasteiger charge is 1.98. The molecule has 2 aromatic rings. The van der Waals surface area contributed by atoms with Crippen molar-refractivity contribution in [3.05, 3.63) is 30.5 Å². The fraction of sp³-hybridized carbons (Fsp3) is 0.429. The first-order valence-electron chi connectivity index (χ1n) is 6.42. The first-order chi connectivity index (χ1) is 8.90. The minimum atomic E-state index is 0.714. The van der Waals surface area contributed by atoms with Gasteiger partial charge in [-0.15, -0.1) is 11.6 Å². The van der Waals surface area contributed by atoms with Gasteiger partial charge < -0.3 is 5.32 Å². The van der Waals surface area contributed by atoms with Gasteiger partial charge in [0.2, 0.25) is 5.95 Å². The molecule has 2 rings (SSSR count). The number of unbranched alkanes of at least 4 members (excludes halogenated alkanes) is 3. The van der Waals surface area contributed by atoms with Crippen LogP contribution in [-0.2, 0) is 0 Å². The maximum absolute atomic E-state index is 5.63. The Labute approximate surface area is 113 Å². The van der Waals surface area contributed by atoms with Crippen LogP contribution in [0, 0.1) is 0 Å². The van der Waals surface area contributed by atoms with Crippen molar-refractivity contribution in [3.63, 3.8) is 0 Å². The Balaban J connectivity index is 1.81. The van der Waals surface area contributed by atoms with Crippen LogP contribution in [0.5, 0.6) is 0 Å². The van der Waals surface area contributed by atoms with Crippen molar-refractivity contribution in [2.24, 2.45) is 0 Å². The molecule has 0 atom stereocenters. The zero-order valence-corrected chi connectivity index (χ0v) is 11.2. The van der Waals surface area contributed by atoms with Gasteiger partial charge in [-0.1, -0.05) is 31.0 Å². The molecule has 0 aliphatic heterocycles. The van der Waals surface area contributed by atoms with Crippen LogP contribution < -0.4 is 5.32 Å². The molecule has 1 N–H and O–H groups in total. The number of aromatic nitrogens is 2. The van der Waals surface area contributed by atoms with E-state index in [1.807, 2.05) is 30.5 Å². The molecule has 0 aliphatic rings. The molecule has 0 spiro atoms. The van der Waals surface area contributed by atoms with Crippen LogP contribution in [0.4, 0.5) is 5.95 Å². The summed E-state index contributed by atoms with van der Waals surface area (Å²) in [5.74, 6) is 1.48. The standard InChI is InChI=1S/C14H18ClN3/c15-9-5-1-2-6-10-16-14-17-11-12-7-3-4-8-13(12)18-14/h3-4,7-8,11H,1-2,5-6,9-10H2,(H,16,17,18). The van der Waals surface area contributed by atoms with Gasteiger partial charge in [-0.25, -0.2) is 9.97 Å². The minimum Gasteiger partial charge on any atom is -0.354 e. The molecule has 4 heteroatoms. The number of fused-ring (bicyclic) bond motifs is 1. The van der Waals surface area contributed by atoms with Crippen molar-refractivity contribution >= 4 is 28.5 Å². The molecule has 0 amide bonds. The Morgan fingerprint density at radius 2 is 1.89 bits per heavy atom. The summed E-state index contributed by atoms with van der Waals surface area (Å²) in [4.78, 5) is 8.76. The third-order valence-corrected chi connectivity index (χ3v) is 3.10. The number of nitrogens with zero attached hydrogens (tertiary/aromatic N) is 2. The molecule has 96 valence electrons. The van der Waals surface area contributed by atoms with E-state index >= 15 is 0 Å². The normalized spacial score (nSPS) is 10.7. The highest BCUT2D eigenvalue weighted by molar-refractivity contribution is 6.17. The van der Waals surface area contributed by atoms with Gasteiger partial charge in [0.05, 0.1) is 5.52 Å². The number of benzene rings is 1. The molecule has 0 aliphatic carbocycles. The minimum absolute atomic E-state index is 0.714. The molecule has 3 nitrogen and oxygen atoms in total. The Hall–Kier alpha value is -1.35. The second kappa shape index (κ2) is 7.17. The number of para-hydroxylation sites is 1. The van der Waals surface area contributed by atoms with Crippen LogP contribution in [0.25, 0.3) is 10.9 Å². The lowest BCUT2D eigenvalue weighted by Gasteiger charge is -2.05. The van der Waals surface area contributed by atoms with E-state index in [-0.39, 0.29) is 0 Å². The van der Waals surface area contributed by atoms with E-state index in [1.165, 1.54) is 12.8 Å². The molecule has 0 unspecified atom stereocenters. The maximum atomic E-state index is 5.63. The van der Waals surface area contributed by atoms with E-state index in [0.717, 1.165) is 36.2 Å². The molecule has 0 fully saturated rings. The highest BCUT2D eigenvalue weighted by atomic mass is 35.5. The maximum Gasteiger partial charge on any atom is 0.223 e. The van der Waals surface area contributed by atoms with Crippen LogP contribution in [0.15, 0.2) is 30.5 Å². The predicted octanol–water partition coefficient (Wildman–Crippen LogP) is 3.84. The van der Waals surface area contributed by atoms with Gasteiger partial charge in [0.1, 0.15) is 0 Å². The molecule has 1 heterocycles. The van der Waals surface area contributed by atoms with E-state index in [9.17, 15) is 0 Å². The number of alkyl halides is 1. The summed E-state index contributed by atoms with van der Waals surface area (Å²) in [6.07, 6.45) is 6.50. The molecule has 1 aromatic heterocycles. The fourth-order valence-electron chi connectivity index (χ4n) is 1.83. The van der Waals surface area contributed by atoms with Gasteiger partial charge in [0.25, 0.3) is 0 Å². The summed E-state index contributed by atoms with van der Waals surface area (Å²) >= 11 is 5.63. The molecule has 0 saturated carbocycles. The molecule has 0 radical (unpaired) electrons. The quantitative estimate of drug-likeness (QED) is 0.609. The van der Waals surface area contributed by atoms with Crippen molar-refractivity contribution in [2.45, 2.75) is 25.7 Å². The van der Waals surface area contributed by atoms with Crippen molar-refractivity contribution in [3.8, 4) is 0 Å². The highest BCUT2D eigenvalue weighted by Crippen LogP contribution is 2.11. The smallest absolute Gasteiger partial charge is 0.223 e. The number of nitrogens with one attached hydrogen (secondary N) is 1. The predicted molar refractivity (Wildman–Crippen MR) is 77.2 cm³/mol. The summed E-state index contributed by atoms with van der Waals surface area (Å²) in [6, 6.07) is 8.01. The monoisotopic (exact) mass is 263 g/mol. The SMILES string of the molecule is ClCCCCCCNc1ncc2ccccc2n1. The van der Waals surface area contributed by atoms with Gasteiger partial charge in [0.15, 0.2) is 0 Å². The molecular formula is C14H18ClN3. The topological polar surface area (TPSA) is 37.8 Å². The van der Waals surface area contributed by atoms with E-state index in [4.69, 9.17) is 11.6 Å². The summed E-state index contributed by atoms with van der Waals surface area (Å²) in [7, 11) is 0. The van der Waals surface area contributed by atoms with E-state index in [2.05, 4.69) is 15.3 Å². The third-order valence-electron chi connectivity index (χ3n) is 2.83. The number of rotatable bonds is 7. The van der Waals surface area contributed by atoms with Gasteiger partial charge in [-0.3, -0.25) is 0 Å². The number of anilines is 1. The van der Waals surface area contributed by atoms with E-state index in [1.54, 1.807) is 0 Å². The summed E-state index contributed by atoms with van der Waals surface area (Å²) in [6.45, 7) is 0.917. The first-order valence-corrected chi connectivity index (χ1v) is 6.95. The van der Waals surface area contributed by atoms with Gasteiger partial charge >= 0.3 is 0 Å².